The lowest BCUT2D eigenvalue weighted by atomic mass is 9.87. The summed E-state index contributed by atoms with van der Waals surface area (Å²) >= 11 is 0. The summed E-state index contributed by atoms with van der Waals surface area (Å²) in [7, 11) is 0. The molecular weight excluding hydrogens is 556 g/mol. The first-order chi connectivity index (χ1) is 20.6. The lowest BCUT2D eigenvalue weighted by Crippen LogP contribution is -2.63. The number of hydrogen-bond donors (Lipinski definition) is 1. The Labute approximate surface area is 262 Å². The van der Waals surface area contributed by atoms with Crippen molar-refractivity contribution in [3.8, 4) is 0 Å². The van der Waals surface area contributed by atoms with Gasteiger partial charge < -0.3 is 14.8 Å². The smallest absolute Gasteiger partial charge is 0.411 e. The van der Waals surface area contributed by atoms with Crippen LogP contribution in [0.2, 0.25) is 0 Å². The predicted octanol–water partition coefficient (Wildman–Crippen LogP) is 6.32. The van der Waals surface area contributed by atoms with E-state index in [0.29, 0.717) is 11.3 Å². The average Bonchev–Trinajstić information content (AvgIpc) is 2.94. The van der Waals surface area contributed by atoms with Gasteiger partial charge in [0.05, 0.1) is 18.8 Å². The van der Waals surface area contributed by atoms with Crippen LogP contribution in [-0.2, 0) is 24.5 Å². The van der Waals surface area contributed by atoms with Gasteiger partial charge in [-0.25, -0.2) is 4.79 Å². The summed E-state index contributed by atoms with van der Waals surface area (Å²) in [5.41, 5.74) is 0.669. The van der Waals surface area contributed by atoms with Crippen molar-refractivity contribution in [3.63, 3.8) is 0 Å². The highest BCUT2D eigenvalue weighted by atomic mass is 16.6. The summed E-state index contributed by atoms with van der Waals surface area (Å²) in [6.45, 7) is 15.6. The lowest BCUT2D eigenvalue weighted by Gasteiger charge is -2.45. The minimum Gasteiger partial charge on any atom is -0.444 e. The Morgan fingerprint density at radius 3 is 2.25 bits per heavy atom. The number of rotatable bonds is 6. The molecule has 1 aromatic carbocycles. The van der Waals surface area contributed by atoms with Crippen LogP contribution < -0.4 is 10.2 Å². The van der Waals surface area contributed by atoms with Gasteiger partial charge in [-0.2, -0.15) is 0 Å². The first-order valence-electron chi connectivity index (χ1n) is 15.8. The van der Waals surface area contributed by atoms with Crippen LogP contribution in [0, 0.1) is 0 Å². The molecule has 0 bridgehead atoms. The van der Waals surface area contributed by atoms with E-state index in [4.69, 9.17) is 9.47 Å². The maximum Gasteiger partial charge on any atom is 0.411 e. The molecule has 9 nitrogen and oxygen atoms in total. The first kappa shape index (κ1) is 33.4. The second-order valence-corrected chi connectivity index (χ2v) is 14.7. The highest BCUT2D eigenvalue weighted by Gasteiger charge is 2.46. The summed E-state index contributed by atoms with van der Waals surface area (Å²) < 4.78 is 11.9. The summed E-state index contributed by atoms with van der Waals surface area (Å²) in [5, 5.41) is 3.24. The standard InChI is InChI=1S/C35H50N4O5/c1-33(2,3)25-16-18-27(19-17-25)39(29(24-13-12-20-36-21-24)30(40)37-26-14-10-9-11-15-26)31(41)28-22-43-35(7,8)23-38(28)32(42)44-34(4,5)6/h12-13,16-21,26,28-29H,9-11,14-15,22-23H2,1-8H3,(H,37,40)/t28-,29?/m1/s1. The van der Waals surface area contributed by atoms with Gasteiger partial charge >= 0.3 is 6.09 Å². The van der Waals surface area contributed by atoms with Gasteiger partial charge in [-0.05, 0) is 76.6 Å². The number of aromatic nitrogens is 1. The number of hydrogen-bond acceptors (Lipinski definition) is 6. The van der Waals surface area contributed by atoms with Gasteiger partial charge in [-0.15, -0.1) is 0 Å². The van der Waals surface area contributed by atoms with Crippen molar-refractivity contribution in [1.82, 2.24) is 15.2 Å². The van der Waals surface area contributed by atoms with Crippen LogP contribution in [0.4, 0.5) is 10.5 Å². The van der Waals surface area contributed by atoms with Gasteiger partial charge in [0.25, 0.3) is 5.91 Å². The Morgan fingerprint density at radius 1 is 1.02 bits per heavy atom. The summed E-state index contributed by atoms with van der Waals surface area (Å²) in [4.78, 5) is 50.0. The van der Waals surface area contributed by atoms with Crippen molar-refractivity contribution in [1.29, 1.82) is 0 Å². The number of amides is 3. The van der Waals surface area contributed by atoms with E-state index in [1.54, 1.807) is 39.2 Å². The molecule has 2 heterocycles. The Morgan fingerprint density at radius 2 is 1.68 bits per heavy atom. The third kappa shape index (κ3) is 8.37. The normalized spacial score (nSPS) is 20.0. The van der Waals surface area contributed by atoms with Gasteiger partial charge in [-0.3, -0.25) is 24.4 Å². The molecule has 1 aromatic heterocycles. The molecule has 3 amide bonds. The fourth-order valence-electron chi connectivity index (χ4n) is 5.85. The molecule has 2 aliphatic rings. The van der Waals surface area contributed by atoms with Crippen molar-refractivity contribution >= 4 is 23.6 Å². The van der Waals surface area contributed by atoms with Crippen LogP contribution in [0.5, 0.6) is 0 Å². The Balaban J connectivity index is 1.82. The zero-order chi connectivity index (χ0) is 32.3. The third-order valence-corrected chi connectivity index (χ3v) is 8.18. The van der Waals surface area contributed by atoms with Crippen molar-refractivity contribution in [2.45, 2.75) is 122 Å². The number of morpholine rings is 1. The molecule has 1 N–H and O–H groups in total. The van der Waals surface area contributed by atoms with E-state index in [-0.39, 0.29) is 30.5 Å². The molecule has 1 aliphatic heterocycles. The molecule has 2 aromatic rings. The number of carbonyl (C=O) groups is 3. The number of nitrogens with one attached hydrogen (secondary N) is 1. The van der Waals surface area contributed by atoms with Crippen LogP contribution in [0.3, 0.4) is 0 Å². The number of pyridine rings is 1. The molecule has 0 spiro atoms. The van der Waals surface area contributed by atoms with Gasteiger partial charge in [0, 0.05) is 29.7 Å². The minimum absolute atomic E-state index is 0.0349. The third-order valence-electron chi connectivity index (χ3n) is 8.18. The number of benzene rings is 1. The maximum absolute atomic E-state index is 14.9. The van der Waals surface area contributed by atoms with E-state index in [1.165, 1.54) is 9.80 Å². The van der Waals surface area contributed by atoms with Crippen LogP contribution in [0.1, 0.15) is 105 Å². The van der Waals surface area contributed by atoms with Gasteiger partial charge in [-0.1, -0.05) is 58.2 Å². The lowest BCUT2D eigenvalue weighted by molar-refractivity contribution is -0.145. The van der Waals surface area contributed by atoms with Crippen molar-refractivity contribution in [2.24, 2.45) is 0 Å². The average molecular weight is 607 g/mol. The number of ether oxygens (including phenoxy) is 2. The maximum atomic E-state index is 14.9. The van der Waals surface area contributed by atoms with Crippen molar-refractivity contribution in [3.05, 3.63) is 59.9 Å². The molecule has 1 saturated heterocycles. The number of anilines is 1. The Kier molecular flexibility index (Phi) is 10.1. The van der Waals surface area contributed by atoms with Gasteiger partial charge in [0.2, 0.25) is 5.91 Å². The van der Waals surface area contributed by atoms with E-state index in [9.17, 15) is 14.4 Å². The van der Waals surface area contributed by atoms with Gasteiger partial charge in [0.1, 0.15) is 17.7 Å². The fraction of sp³-hybridized carbons (Fsp3) is 0.600. The quantitative estimate of drug-likeness (QED) is 0.413. The van der Waals surface area contributed by atoms with E-state index in [1.807, 2.05) is 44.2 Å². The van der Waals surface area contributed by atoms with Crippen LogP contribution in [0.15, 0.2) is 48.8 Å². The molecule has 2 atom stereocenters. The SMILES string of the molecule is CC(C)(C)OC(=O)N1CC(C)(C)OC[C@@H]1C(=O)N(c1ccc(C(C)(C)C)cc1)C(C(=O)NC1CCCCC1)c1cccnc1. The minimum atomic E-state index is -1.02. The molecule has 44 heavy (non-hydrogen) atoms. The zero-order valence-corrected chi connectivity index (χ0v) is 27.7. The largest absolute Gasteiger partial charge is 0.444 e. The van der Waals surface area contributed by atoms with Crippen molar-refractivity contribution in [2.75, 3.05) is 18.1 Å². The topological polar surface area (TPSA) is 101 Å². The zero-order valence-electron chi connectivity index (χ0n) is 27.7. The summed E-state index contributed by atoms with van der Waals surface area (Å²) in [6, 6.07) is 9.31. The van der Waals surface area contributed by atoms with E-state index in [0.717, 1.165) is 37.7 Å². The number of carbonyl (C=O) groups excluding carboxylic acids is 3. The van der Waals surface area contributed by atoms with Crippen molar-refractivity contribution < 1.29 is 23.9 Å². The highest BCUT2D eigenvalue weighted by Crippen LogP contribution is 2.34. The van der Waals surface area contributed by atoms with Crippen LogP contribution >= 0.6 is 0 Å². The Hall–Kier alpha value is -3.46. The summed E-state index contributed by atoms with van der Waals surface area (Å²) in [5.74, 6) is -0.707. The van der Waals surface area contributed by atoms with Gasteiger partial charge in [0.15, 0.2) is 0 Å². The van der Waals surface area contributed by atoms with E-state index < -0.39 is 35.3 Å². The molecule has 240 valence electrons. The first-order valence-corrected chi connectivity index (χ1v) is 15.8. The highest BCUT2D eigenvalue weighted by molar-refractivity contribution is 6.04. The van der Waals surface area contributed by atoms with E-state index in [2.05, 4.69) is 31.1 Å². The fourth-order valence-corrected chi connectivity index (χ4v) is 5.85. The molecule has 1 aliphatic carbocycles. The molecular formula is C35H50N4O5. The monoisotopic (exact) mass is 606 g/mol. The molecule has 1 saturated carbocycles. The Bertz CT molecular complexity index is 1290. The molecule has 9 heteroatoms. The number of nitrogens with zero attached hydrogens (tertiary/aromatic N) is 3. The molecule has 2 fully saturated rings. The second-order valence-electron chi connectivity index (χ2n) is 14.7. The summed E-state index contributed by atoms with van der Waals surface area (Å²) in [6.07, 6.45) is 7.74. The second kappa shape index (κ2) is 13.3. The van der Waals surface area contributed by atoms with Crippen LogP contribution in [0.25, 0.3) is 0 Å². The predicted molar refractivity (Wildman–Crippen MR) is 171 cm³/mol. The molecule has 0 radical (unpaired) electrons. The van der Waals surface area contributed by atoms with E-state index >= 15 is 0 Å². The molecule has 1 unspecified atom stereocenters. The molecule has 4 rings (SSSR count). The van der Waals surface area contributed by atoms with Crippen LogP contribution in [-0.4, -0.2) is 64.2 Å².